The van der Waals surface area contributed by atoms with Crippen molar-refractivity contribution in [1.29, 1.82) is 0 Å². The molecule has 15 heavy (non-hydrogen) atoms. The highest BCUT2D eigenvalue weighted by molar-refractivity contribution is 9.08. The van der Waals surface area contributed by atoms with Crippen LogP contribution in [0, 0.1) is 0 Å². The van der Waals surface area contributed by atoms with Crippen LogP contribution in [0.1, 0.15) is 50.9 Å². The third kappa shape index (κ3) is 2.51. The van der Waals surface area contributed by atoms with E-state index >= 15 is 0 Å². The summed E-state index contributed by atoms with van der Waals surface area (Å²) in [7, 11) is 0. The third-order valence-corrected chi connectivity index (χ3v) is 3.08. The lowest BCUT2D eigenvalue weighted by Crippen LogP contribution is -2.28. The number of hydrogen-bond donors (Lipinski definition) is 0. The molecule has 0 radical (unpaired) electrons. The SMILES string of the molecule is CC(C)c1ccc(CBr)c(=O)n1C(C)C. The molecule has 1 aromatic rings. The Balaban J connectivity index is 3.45. The monoisotopic (exact) mass is 271 g/mol. The lowest BCUT2D eigenvalue weighted by Gasteiger charge is -2.19. The van der Waals surface area contributed by atoms with Crippen molar-refractivity contribution in [3.8, 4) is 0 Å². The van der Waals surface area contributed by atoms with E-state index in [1.54, 1.807) is 0 Å². The molecule has 0 fully saturated rings. The van der Waals surface area contributed by atoms with Crippen molar-refractivity contribution in [2.75, 3.05) is 0 Å². The van der Waals surface area contributed by atoms with Crippen LogP contribution in [0.5, 0.6) is 0 Å². The average Bonchev–Trinajstić information content (AvgIpc) is 2.16. The summed E-state index contributed by atoms with van der Waals surface area (Å²) in [6.45, 7) is 8.32. The maximum Gasteiger partial charge on any atom is 0.255 e. The molecule has 0 aromatic carbocycles. The van der Waals surface area contributed by atoms with E-state index in [9.17, 15) is 4.79 Å². The van der Waals surface area contributed by atoms with E-state index in [4.69, 9.17) is 0 Å². The Labute approximate surface area is 99.4 Å². The van der Waals surface area contributed by atoms with Gasteiger partial charge in [0, 0.05) is 22.6 Å². The molecule has 0 saturated heterocycles. The number of aromatic nitrogens is 1. The van der Waals surface area contributed by atoms with E-state index in [-0.39, 0.29) is 11.6 Å². The molecule has 3 heteroatoms. The Morgan fingerprint density at radius 2 is 1.87 bits per heavy atom. The molecule has 0 aliphatic heterocycles. The Morgan fingerprint density at radius 1 is 1.27 bits per heavy atom. The fraction of sp³-hybridized carbons (Fsp3) is 0.583. The molecular formula is C12H18BrNO. The van der Waals surface area contributed by atoms with Gasteiger partial charge in [0.15, 0.2) is 0 Å². The van der Waals surface area contributed by atoms with Crippen LogP contribution in [-0.4, -0.2) is 4.57 Å². The van der Waals surface area contributed by atoms with Gasteiger partial charge in [-0.25, -0.2) is 0 Å². The molecule has 84 valence electrons. The summed E-state index contributed by atoms with van der Waals surface area (Å²) in [6.07, 6.45) is 0. The number of alkyl halides is 1. The van der Waals surface area contributed by atoms with Crippen LogP contribution in [0.2, 0.25) is 0 Å². The van der Waals surface area contributed by atoms with Crippen LogP contribution in [0.25, 0.3) is 0 Å². The fourth-order valence-corrected chi connectivity index (χ4v) is 2.14. The minimum Gasteiger partial charge on any atom is -0.310 e. The van der Waals surface area contributed by atoms with E-state index in [2.05, 4.69) is 35.8 Å². The van der Waals surface area contributed by atoms with Gasteiger partial charge in [-0.1, -0.05) is 35.8 Å². The van der Waals surface area contributed by atoms with E-state index in [1.807, 2.05) is 24.5 Å². The molecular weight excluding hydrogens is 254 g/mol. The van der Waals surface area contributed by atoms with Gasteiger partial charge in [0.25, 0.3) is 5.56 Å². The molecule has 2 nitrogen and oxygen atoms in total. The number of halogens is 1. The molecule has 0 aliphatic rings. The molecule has 0 spiro atoms. The van der Waals surface area contributed by atoms with Gasteiger partial charge in [0.1, 0.15) is 0 Å². The van der Waals surface area contributed by atoms with Gasteiger partial charge in [0.05, 0.1) is 0 Å². The molecule has 1 aromatic heterocycles. The Morgan fingerprint density at radius 3 is 2.27 bits per heavy atom. The Hall–Kier alpha value is -0.570. The van der Waals surface area contributed by atoms with E-state index < -0.39 is 0 Å². The predicted molar refractivity (Wildman–Crippen MR) is 67.8 cm³/mol. The van der Waals surface area contributed by atoms with Gasteiger partial charge in [-0.05, 0) is 25.8 Å². The quantitative estimate of drug-likeness (QED) is 0.772. The first-order valence-corrected chi connectivity index (χ1v) is 6.41. The summed E-state index contributed by atoms with van der Waals surface area (Å²) in [5, 5.41) is 0.622. The number of rotatable bonds is 3. The second-order valence-corrected chi connectivity index (χ2v) is 4.90. The molecule has 0 atom stereocenters. The van der Waals surface area contributed by atoms with Gasteiger partial charge in [0.2, 0.25) is 0 Å². The predicted octanol–water partition coefficient (Wildman–Crippen LogP) is 3.45. The largest absolute Gasteiger partial charge is 0.310 e. The molecule has 0 amide bonds. The summed E-state index contributed by atoms with van der Waals surface area (Å²) < 4.78 is 1.89. The van der Waals surface area contributed by atoms with Crippen molar-refractivity contribution in [1.82, 2.24) is 4.57 Å². The van der Waals surface area contributed by atoms with Crippen LogP contribution < -0.4 is 5.56 Å². The van der Waals surface area contributed by atoms with Crippen LogP contribution in [0.3, 0.4) is 0 Å². The lowest BCUT2D eigenvalue weighted by atomic mass is 10.1. The van der Waals surface area contributed by atoms with Crippen molar-refractivity contribution < 1.29 is 0 Å². The minimum atomic E-state index is 0.132. The zero-order valence-corrected chi connectivity index (χ0v) is 11.3. The van der Waals surface area contributed by atoms with Crippen molar-refractivity contribution in [2.24, 2.45) is 0 Å². The first-order valence-electron chi connectivity index (χ1n) is 5.29. The maximum atomic E-state index is 12.1. The van der Waals surface area contributed by atoms with Crippen molar-refractivity contribution in [2.45, 2.75) is 45.0 Å². The van der Waals surface area contributed by atoms with Crippen molar-refractivity contribution >= 4 is 15.9 Å². The van der Waals surface area contributed by atoms with Gasteiger partial charge < -0.3 is 4.57 Å². The molecule has 0 N–H and O–H groups in total. The normalized spacial score (nSPS) is 11.4. The second-order valence-electron chi connectivity index (χ2n) is 4.34. The Bertz CT molecular complexity index is 393. The van der Waals surface area contributed by atoms with Gasteiger partial charge in [-0.3, -0.25) is 4.79 Å². The molecule has 0 unspecified atom stereocenters. The smallest absolute Gasteiger partial charge is 0.255 e. The first-order chi connectivity index (χ1) is 6.99. The van der Waals surface area contributed by atoms with Gasteiger partial charge >= 0.3 is 0 Å². The topological polar surface area (TPSA) is 22.0 Å². The summed E-state index contributed by atoms with van der Waals surface area (Å²) in [4.78, 5) is 12.1. The molecule has 0 saturated carbocycles. The summed E-state index contributed by atoms with van der Waals surface area (Å²) in [5.41, 5.74) is 2.07. The standard InChI is InChI=1S/C12H18BrNO/c1-8(2)11-6-5-10(7-13)12(15)14(11)9(3)4/h5-6,8-9H,7H2,1-4H3. The number of nitrogens with zero attached hydrogens (tertiary/aromatic N) is 1. The second kappa shape index (κ2) is 4.97. The zero-order chi connectivity index (χ0) is 11.6. The van der Waals surface area contributed by atoms with E-state index in [0.29, 0.717) is 11.2 Å². The first kappa shape index (κ1) is 12.5. The summed E-state index contributed by atoms with van der Waals surface area (Å²) in [5.74, 6) is 0.379. The average molecular weight is 272 g/mol. The fourth-order valence-electron chi connectivity index (χ4n) is 1.71. The summed E-state index contributed by atoms with van der Waals surface area (Å²) in [6, 6.07) is 4.20. The van der Waals surface area contributed by atoms with Crippen LogP contribution >= 0.6 is 15.9 Å². The van der Waals surface area contributed by atoms with E-state index in [1.165, 1.54) is 0 Å². The highest BCUT2D eigenvalue weighted by Crippen LogP contribution is 2.17. The van der Waals surface area contributed by atoms with Crippen molar-refractivity contribution in [3.63, 3.8) is 0 Å². The highest BCUT2D eigenvalue weighted by Gasteiger charge is 2.12. The highest BCUT2D eigenvalue weighted by atomic mass is 79.9. The molecule has 0 aliphatic carbocycles. The van der Waals surface area contributed by atoms with Crippen LogP contribution in [0.15, 0.2) is 16.9 Å². The number of hydrogen-bond acceptors (Lipinski definition) is 1. The molecule has 1 heterocycles. The maximum absolute atomic E-state index is 12.1. The zero-order valence-electron chi connectivity index (χ0n) is 9.75. The van der Waals surface area contributed by atoms with Gasteiger partial charge in [-0.15, -0.1) is 0 Å². The van der Waals surface area contributed by atoms with Crippen LogP contribution in [-0.2, 0) is 5.33 Å². The third-order valence-electron chi connectivity index (χ3n) is 2.48. The van der Waals surface area contributed by atoms with Crippen LogP contribution in [0.4, 0.5) is 0 Å². The molecule has 1 rings (SSSR count). The van der Waals surface area contributed by atoms with E-state index in [0.717, 1.165) is 11.3 Å². The molecule has 0 bridgehead atoms. The van der Waals surface area contributed by atoms with Crippen molar-refractivity contribution in [3.05, 3.63) is 33.7 Å². The lowest BCUT2D eigenvalue weighted by molar-refractivity contribution is 0.532. The van der Waals surface area contributed by atoms with Gasteiger partial charge in [-0.2, -0.15) is 0 Å². The Kier molecular flexibility index (Phi) is 4.14. The number of pyridine rings is 1. The summed E-state index contributed by atoms with van der Waals surface area (Å²) >= 11 is 3.34. The minimum absolute atomic E-state index is 0.132.